The molecule has 7 nitrogen and oxygen atoms in total. The van der Waals surface area contributed by atoms with Gasteiger partial charge in [-0.15, -0.1) is 0 Å². The number of H-pyrrole nitrogens is 1. The molecule has 0 aliphatic rings. The zero-order valence-corrected chi connectivity index (χ0v) is 22.0. The van der Waals surface area contributed by atoms with E-state index >= 15 is 0 Å². The van der Waals surface area contributed by atoms with Crippen molar-refractivity contribution in [1.82, 2.24) is 20.5 Å². The molecule has 0 atom stereocenters. The molecular formula is C27H38N4O3S. The Hall–Kier alpha value is -2.68. The van der Waals surface area contributed by atoms with Crippen molar-refractivity contribution in [2.24, 2.45) is 0 Å². The number of aromatic amines is 1. The van der Waals surface area contributed by atoms with Gasteiger partial charge in [-0.05, 0) is 44.0 Å². The van der Waals surface area contributed by atoms with Crippen molar-refractivity contribution in [1.29, 1.82) is 0 Å². The lowest BCUT2D eigenvalue weighted by molar-refractivity contribution is -0.132. The Labute approximate surface area is 211 Å². The molecule has 1 heterocycles. The highest BCUT2D eigenvalue weighted by molar-refractivity contribution is 7.16. The molecular weight excluding hydrogens is 460 g/mol. The van der Waals surface area contributed by atoms with Crippen LogP contribution in [0, 0.1) is 0 Å². The number of aromatic hydroxyl groups is 1. The van der Waals surface area contributed by atoms with Gasteiger partial charge < -0.3 is 25.6 Å². The number of carbonyl (C=O) groups excluding carboxylic acids is 1. The van der Waals surface area contributed by atoms with Gasteiger partial charge in [-0.3, -0.25) is 9.59 Å². The quantitative estimate of drug-likeness (QED) is 0.270. The summed E-state index contributed by atoms with van der Waals surface area (Å²) in [4.78, 5) is 29.0. The number of benzene rings is 2. The number of amides is 1. The molecule has 0 fully saturated rings. The molecule has 2 aromatic carbocycles. The van der Waals surface area contributed by atoms with Gasteiger partial charge in [-0.1, -0.05) is 61.6 Å². The maximum Gasteiger partial charge on any atom is 0.305 e. The van der Waals surface area contributed by atoms with Crippen LogP contribution in [0.5, 0.6) is 5.75 Å². The van der Waals surface area contributed by atoms with Crippen LogP contribution in [0.3, 0.4) is 0 Å². The van der Waals surface area contributed by atoms with Gasteiger partial charge in [-0.25, -0.2) is 0 Å². The Morgan fingerprint density at radius 3 is 2.54 bits per heavy atom. The number of hydrogen-bond acceptors (Lipinski definition) is 6. The molecule has 3 aromatic rings. The summed E-state index contributed by atoms with van der Waals surface area (Å²) >= 11 is 1.12. The Morgan fingerprint density at radius 2 is 1.83 bits per heavy atom. The lowest BCUT2D eigenvalue weighted by Gasteiger charge is -2.28. The number of fused-ring (bicyclic) bond motifs is 1. The van der Waals surface area contributed by atoms with Crippen molar-refractivity contribution in [3.05, 3.63) is 63.3 Å². The molecule has 0 aliphatic heterocycles. The fourth-order valence-electron chi connectivity index (χ4n) is 4.22. The zero-order chi connectivity index (χ0) is 25.4. The summed E-state index contributed by atoms with van der Waals surface area (Å²) < 4.78 is 0.804. The second-order valence-corrected chi connectivity index (χ2v) is 10.8. The number of nitrogens with one attached hydrogen (secondary N) is 3. The van der Waals surface area contributed by atoms with Crippen LogP contribution in [0.15, 0.2) is 47.3 Å². The van der Waals surface area contributed by atoms with E-state index in [9.17, 15) is 14.7 Å². The lowest BCUT2D eigenvalue weighted by Crippen LogP contribution is -2.43. The summed E-state index contributed by atoms with van der Waals surface area (Å²) in [5.74, 6) is 0.253. The first-order chi connectivity index (χ1) is 16.7. The molecule has 1 amide bonds. The number of carbonyl (C=O) groups is 1. The number of rotatable bonds is 13. The summed E-state index contributed by atoms with van der Waals surface area (Å²) in [6, 6.07) is 14.0. The van der Waals surface area contributed by atoms with Gasteiger partial charge in [0.05, 0.1) is 4.70 Å². The predicted octanol–water partition coefficient (Wildman–Crippen LogP) is 3.62. The summed E-state index contributed by atoms with van der Waals surface area (Å²) in [6.45, 7) is 12.1. The van der Waals surface area contributed by atoms with Crippen molar-refractivity contribution < 1.29 is 9.90 Å². The highest BCUT2D eigenvalue weighted by atomic mass is 32.1. The molecule has 35 heavy (non-hydrogen) atoms. The topological polar surface area (TPSA) is 97.5 Å². The fraction of sp³-hybridized carbons (Fsp3) is 0.481. The first kappa shape index (κ1) is 26.9. The van der Waals surface area contributed by atoms with E-state index in [4.69, 9.17) is 0 Å². The van der Waals surface area contributed by atoms with E-state index in [2.05, 4.69) is 53.7 Å². The van der Waals surface area contributed by atoms with E-state index in [1.165, 1.54) is 5.56 Å². The number of thiazole rings is 1. The van der Waals surface area contributed by atoms with Gasteiger partial charge in [-0.2, -0.15) is 0 Å². The van der Waals surface area contributed by atoms with E-state index in [0.717, 1.165) is 41.1 Å². The van der Waals surface area contributed by atoms with Gasteiger partial charge in [0.15, 0.2) is 0 Å². The Morgan fingerprint density at radius 1 is 1.09 bits per heavy atom. The van der Waals surface area contributed by atoms with Crippen molar-refractivity contribution in [2.45, 2.75) is 52.0 Å². The normalized spacial score (nSPS) is 11.9. The molecule has 1 aromatic heterocycles. The minimum absolute atomic E-state index is 0.00539. The maximum atomic E-state index is 12.8. The standard InChI is InChI=1S/C27H38N4O3S/c1-19(2)31(23(33)13-15-29-18-27(3,4)21-8-6-5-7-9-21)17-16-28-14-12-20-10-11-22(32)24-25(20)35-26(34)30-24/h5-11,19,28-29,32H,12-18H2,1-4H3,(H,30,34). The second-order valence-electron chi connectivity index (χ2n) is 9.82. The molecule has 0 saturated heterocycles. The summed E-state index contributed by atoms with van der Waals surface area (Å²) in [7, 11) is 0. The summed E-state index contributed by atoms with van der Waals surface area (Å²) in [6.07, 6.45) is 1.21. The Balaban J connectivity index is 1.40. The van der Waals surface area contributed by atoms with Gasteiger partial charge >= 0.3 is 4.87 Å². The molecule has 0 radical (unpaired) electrons. The van der Waals surface area contributed by atoms with Crippen LogP contribution in [0.25, 0.3) is 10.2 Å². The minimum atomic E-state index is -0.167. The Kier molecular flexibility index (Phi) is 9.48. The molecule has 0 unspecified atom stereocenters. The average Bonchev–Trinajstić information content (AvgIpc) is 3.23. The van der Waals surface area contributed by atoms with Gasteiger partial charge in [0, 0.05) is 44.1 Å². The molecule has 0 bridgehead atoms. The molecule has 3 rings (SSSR count). The third kappa shape index (κ3) is 7.40. The second kappa shape index (κ2) is 12.3. The molecule has 8 heteroatoms. The first-order valence-electron chi connectivity index (χ1n) is 12.3. The third-order valence-electron chi connectivity index (χ3n) is 6.32. The van der Waals surface area contributed by atoms with E-state index in [1.807, 2.05) is 30.9 Å². The van der Waals surface area contributed by atoms with E-state index in [0.29, 0.717) is 31.6 Å². The average molecular weight is 499 g/mol. The highest BCUT2D eigenvalue weighted by Gasteiger charge is 2.21. The monoisotopic (exact) mass is 498 g/mol. The van der Waals surface area contributed by atoms with Crippen LogP contribution >= 0.6 is 11.3 Å². The van der Waals surface area contributed by atoms with Crippen molar-refractivity contribution in [3.63, 3.8) is 0 Å². The van der Waals surface area contributed by atoms with E-state index in [-0.39, 0.29) is 28.0 Å². The number of hydrogen-bond donors (Lipinski definition) is 4. The van der Waals surface area contributed by atoms with Gasteiger partial charge in [0.1, 0.15) is 11.3 Å². The molecule has 0 saturated carbocycles. The Bertz CT molecular complexity index is 1150. The number of phenolic OH excluding ortho intramolecular Hbond substituents is 1. The van der Waals surface area contributed by atoms with Crippen LogP contribution in [-0.4, -0.2) is 59.7 Å². The zero-order valence-electron chi connectivity index (χ0n) is 21.2. The van der Waals surface area contributed by atoms with Crippen LogP contribution in [0.1, 0.15) is 45.2 Å². The van der Waals surface area contributed by atoms with E-state index in [1.54, 1.807) is 6.07 Å². The minimum Gasteiger partial charge on any atom is -0.506 e. The van der Waals surface area contributed by atoms with Gasteiger partial charge in [0.2, 0.25) is 5.91 Å². The number of phenols is 1. The largest absolute Gasteiger partial charge is 0.506 e. The smallest absolute Gasteiger partial charge is 0.305 e. The fourth-order valence-corrected chi connectivity index (χ4v) is 5.12. The lowest BCUT2D eigenvalue weighted by atomic mass is 9.84. The van der Waals surface area contributed by atoms with Crippen LogP contribution in [0.4, 0.5) is 0 Å². The predicted molar refractivity (Wildman–Crippen MR) is 144 cm³/mol. The molecule has 190 valence electrons. The maximum absolute atomic E-state index is 12.8. The molecule has 4 N–H and O–H groups in total. The number of nitrogens with zero attached hydrogens (tertiary/aromatic N) is 1. The van der Waals surface area contributed by atoms with Gasteiger partial charge in [0.25, 0.3) is 0 Å². The summed E-state index contributed by atoms with van der Waals surface area (Å²) in [5, 5.41) is 16.8. The molecule has 0 aliphatic carbocycles. The number of aromatic nitrogens is 1. The van der Waals surface area contributed by atoms with Crippen LogP contribution in [0.2, 0.25) is 0 Å². The van der Waals surface area contributed by atoms with E-state index < -0.39 is 0 Å². The first-order valence-corrected chi connectivity index (χ1v) is 13.1. The third-order valence-corrected chi connectivity index (χ3v) is 7.28. The summed E-state index contributed by atoms with van der Waals surface area (Å²) in [5.41, 5.74) is 2.82. The van der Waals surface area contributed by atoms with Crippen molar-refractivity contribution in [3.8, 4) is 5.75 Å². The van der Waals surface area contributed by atoms with Crippen LogP contribution in [-0.2, 0) is 16.6 Å². The highest BCUT2D eigenvalue weighted by Crippen LogP contribution is 2.27. The van der Waals surface area contributed by atoms with Crippen molar-refractivity contribution in [2.75, 3.05) is 32.7 Å². The SMILES string of the molecule is CC(C)N(CCNCCc1ccc(O)c2[nH]c(=O)sc12)C(=O)CCNCC(C)(C)c1ccccc1. The molecule has 0 spiro atoms. The van der Waals surface area contributed by atoms with Crippen molar-refractivity contribution >= 4 is 27.5 Å². The van der Waals surface area contributed by atoms with Crippen LogP contribution < -0.4 is 15.5 Å².